The summed E-state index contributed by atoms with van der Waals surface area (Å²) in [5, 5.41) is 5.15. The molecule has 0 unspecified atom stereocenters. The summed E-state index contributed by atoms with van der Waals surface area (Å²) < 4.78 is 2.66. The van der Waals surface area contributed by atoms with Crippen LogP contribution in [0.1, 0.15) is 43.2 Å². The Morgan fingerprint density at radius 3 is 1.73 bits per heavy atom. The molecule has 0 atom stereocenters. The Kier molecular flexibility index (Phi) is 9.09. The minimum absolute atomic E-state index is 0.121. The SMILES string of the molecule is c1ccc(-c2ccc(N(c3ccc(-c4cccc5ccccc45)cc3)c3ccc4sc5cc(-c6cccc7c6C6(c8ccccc8-7)C7CC8CC(C7)CC6C8)ccc5c4c3)cc2-c2ccccc2)cc1. The molecule has 16 rings (SSSR count). The maximum Gasteiger partial charge on any atom is 0.0468 e. The molecule has 0 radical (unpaired) electrons. The van der Waals surface area contributed by atoms with Gasteiger partial charge in [0.05, 0.1) is 0 Å². The third kappa shape index (κ3) is 6.09. The molecule has 4 fully saturated rings. The molecular weight excluding hydrogens is 863 g/mol. The van der Waals surface area contributed by atoms with Crippen LogP contribution in [0.15, 0.2) is 224 Å². The number of thiophene rings is 1. The van der Waals surface area contributed by atoms with Gasteiger partial charge >= 0.3 is 0 Å². The van der Waals surface area contributed by atoms with E-state index in [0.29, 0.717) is 0 Å². The van der Waals surface area contributed by atoms with Gasteiger partial charge in [0.2, 0.25) is 0 Å². The zero-order valence-electron chi connectivity index (χ0n) is 39.1. The first kappa shape index (κ1) is 40.4. The lowest BCUT2D eigenvalue weighted by molar-refractivity contribution is -0.0397. The van der Waals surface area contributed by atoms with E-state index in [9.17, 15) is 0 Å². The summed E-state index contributed by atoms with van der Waals surface area (Å²) in [5.74, 6) is 3.30. The number of anilines is 3. The van der Waals surface area contributed by atoms with Crippen molar-refractivity contribution in [3.8, 4) is 55.6 Å². The van der Waals surface area contributed by atoms with Gasteiger partial charge in [0.1, 0.15) is 0 Å². The van der Waals surface area contributed by atoms with Crippen molar-refractivity contribution in [1.82, 2.24) is 0 Å². The van der Waals surface area contributed by atoms with Crippen molar-refractivity contribution in [3.05, 3.63) is 236 Å². The van der Waals surface area contributed by atoms with E-state index in [1.807, 2.05) is 11.3 Å². The van der Waals surface area contributed by atoms with Gasteiger partial charge < -0.3 is 4.90 Å². The highest BCUT2D eigenvalue weighted by molar-refractivity contribution is 7.25. The molecule has 1 nitrogen and oxygen atoms in total. The first-order valence-electron chi connectivity index (χ1n) is 25.5. The average molecular weight is 914 g/mol. The van der Waals surface area contributed by atoms with Crippen LogP contribution < -0.4 is 4.90 Å². The molecule has 1 aromatic heterocycles. The molecule has 1 spiro atoms. The molecule has 0 N–H and O–H groups in total. The molecule has 10 aromatic carbocycles. The van der Waals surface area contributed by atoms with Crippen LogP contribution in [0, 0.1) is 23.7 Å². The predicted octanol–water partition coefficient (Wildman–Crippen LogP) is 19.1. The Labute approximate surface area is 414 Å². The van der Waals surface area contributed by atoms with Crippen LogP contribution in [0.5, 0.6) is 0 Å². The summed E-state index contributed by atoms with van der Waals surface area (Å²) in [7, 11) is 0. The van der Waals surface area contributed by atoms with Crippen molar-refractivity contribution in [1.29, 1.82) is 0 Å². The number of benzene rings is 10. The largest absolute Gasteiger partial charge is 0.310 e. The van der Waals surface area contributed by atoms with E-state index in [1.165, 1.54) is 119 Å². The van der Waals surface area contributed by atoms with Gasteiger partial charge in [-0.25, -0.2) is 0 Å². The predicted molar refractivity (Wildman–Crippen MR) is 297 cm³/mol. The lowest BCUT2D eigenvalue weighted by atomic mass is 9.42. The normalized spacial score (nSPS) is 20.6. The number of fused-ring (bicyclic) bond motifs is 7. The molecule has 0 saturated heterocycles. The van der Waals surface area contributed by atoms with E-state index < -0.39 is 0 Å². The Balaban J connectivity index is 0.874. The van der Waals surface area contributed by atoms with Crippen LogP contribution in [0.4, 0.5) is 17.1 Å². The van der Waals surface area contributed by atoms with Crippen molar-refractivity contribution in [2.75, 3.05) is 4.90 Å². The van der Waals surface area contributed by atoms with Crippen molar-refractivity contribution >= 4 is 59.3 Å². The van der Waals surface area contributed by atoms with Crippen LogP contribution in [0.3, 0.4) is 0 Å². The third-order valence-electron chi connectivity index (χ3n) is 17.2. The van der Waals surface area contributed by atoms with Crippen LogP contribution in [0.2, 0.25) is 0 Å². The smallest absolute Gasteiger partial charge is 0.0468 e. The summed E-state index contributed by atoms with van der Waals surface area (Å²) in [5.41, 5.74) is 19.9. The Morgan fingerprint density at radius 1 is 0.343 bits per heavy atom. The van der Waals surface area contributed by atoms with E-state index in [1.54, 1.807) is 11.1 Å². The van der Waals surface area contributed by atoms with Gasteiger partial charge in [0.15, 0.2) is 0 Å². The van der Waals surface area contributed by atoms with Gasteiger partial charge in [-0.2, -0.15) is 0 Å². The lowest BCUT2D eigenvalue weighted by Gasteiger charge is -2.61. The van der Waals surface area contributed by atoms with Gasteiger partial charge in [0.25, 0.3) is 0 Å². The number of rotatable bonds is 7. The fourth-order valence-corrected chi connectivity index (χ4v) is 15.8. The van der Waals surface area contributed by atoms with Crippen LogP contribution >= 0.6 is 11.3 Å². The van der Waals surface area contributed by atoms with Gasteiger partial charge in [0, 0.05) is 42.6 Å². The molecule has 11 aromatic rings. The van der Waals surface area contributed by atoms with E-state index in [4.69, 9.17) is 0 Å². The van der Waals surface area contributed by atoms with Gasteiger partial charge in [-0.15, -0.1) is 11.3 Å². The maximum absolute atomic E-state index is 2.53. The summed E-state index contributed by atoms with van der Waals surface area (Å²) in [4.78, 5) is 2.46. The molecule has 1 heterocycles. The molecule has 4 bridgehead atoms. The molecule has 5 aliphatic rings. The second-order valence-corrected chi connectivity index (χ2v) is 21.9. The quantitative estimate of drug-likeness (QED) is 0.154. The molecular formula is C68H51NS. The monoisotopic (exact) mass is 913 g/mol. The number of hydrogen-bond donors (Lipinski definition) is 0. The van der Waals surface area contributed by atoms with Crippen molar-refractivity contribution < 1.29 is 0 Å². The average Bonchev–Trinajstić information content (AvgIpc) is 3.94. The molecule has 5 aliphatic carbocycles. The van der Waals surface area contributed by atoms with Crippen LogP contribution in [0.25, 0.3) is 86.6 Å². The minimum Gasteiger partial charge on any atom is -0.310 e. The van der Waals surface area contributed by atoms with E-state index in [0.717, 1.165) is 40.7 Å². The summed E-state index contributed by atoms with van der Waals surface area (Å²) in [6.45, 7) is 0. The first-order valence-corrected chi connectivity index (χ1v) is 26.3. The fourth-order valence-electron chi connectivity index (χ4n) is 14.6. The highest BCUT2D eigenvalue weighted by Crippen LogP contribution is 2.70. The standard InChI is InChI=1S/C68H51NS/c1-3-13-45(14-4-1)57-33-30-53(41-62(57)47-15-5-2-6-16-47)69(52-28-25-48(26-29-52)56-21-11-18-46-17-7-8-19-55(46)56)54-31-34-65-63(42-54)60-32-27-49(40-66(60)70-65)58-22-12-23-61-59-20-9-10-24-64(59)68(67(58)61)50-36-43-35-44(38-50)39-51(68)37-43/h1-34,40-44,50-51H,35-39H2. The van der Waals surface area contributed by atoms with Crippen molar-refractivity contribution in [2.24, 2.45) is 23.7 Å². The highest BCUT2D eigenvalue weighted by Gasteiger charge is 2.62. The maximum atomic E-state index is 2.53. The molecule has 334 valence electrons. The Hall–Kier alpha value is -7.52. The van der Waals surface area contributed by atoms with Crippen LogP contribution in [-0.2, 0) is 5.41 Å². The Bertz CT molecular complexity index is 3810. The lowest BCUT2D eigenvalue weighted by Crippen LogP contribution is -2.55. The van der Waals surface area contributed by atoms with E-state index in [-0.39, 0.29) is 5.41 Å². The summed E-state index contributed by atoms with van der Waals surface area (Å²) in [6, 6.07) is 84.5. The fraction of sp³-hybridized carbons (Fsp3) is 0.147. The highest BCUT2D eigenvalue weighted by atomic mass is 32.1. The van der Waals surface area contributed by atoms with E-state index in [2.05, 4.69) is 229 Å². The van der Waals surface area contributed by atoms with Crippen molar-refractivity contribution in [2.45, 2.75) is 37.5 Å². The van der Waals surface area contributed by atoms with Gasteiger partial charge in [-0.05, 0) is 182 Å². The molecule has 70 heavy (non-hydrogen) atoms. The number of hydrogen-bond acceptors (Lipinski definition) is 2. The third-order valence-corrected chi connectivity index (χ3v) is 18.4. The summed E-state index contributed by atoms with van der Waals surface area (Å²) >= 11 is 1.93. The van der Waals surface area contributed by atoms with E-state index >= 15 is 0 Å². The topological polar surface area (TPSA) is 3.24 Å². The van der Waals surface area contributed by atoms with Crippen molar-refractivity contribution in [3.63, 3.8) is 0 Å². The number of nitrogens with zero attached hydrogens (tertiary/aromatic N) is 1. The summed E-state index contributed by atoms with van der Waals surface area (Å²) in [6.07, 6.45) is 7.03. The van der Waals surface area contributed by atoms with Gasteiger partial charge in [-0.3, -0.25) is 0 Å². The molecule has 0 amide bonds. The Morgan fingerprint density at radius 2 is 0.929 bits per heavy atom. The van der Waals surface area contributed by atoms with Gasteiger partial charge in [-0.1, -0.05) is 176 Å². The van der Waals surface area contributed by atoms with Crippen LogP contribution in [-0.4, -0.2) is 0 Å². The molecule has 0 aliphatic heterocycles. The second kappa shape index (κ2) is 15.8. The molecule has 4 saturated carbocycles. The first-order chi connectivity index (χ1) is 34.7. The second-order valence-electron chi connectivity index (χ2n) is 20.8. The zero-order valence-corrected chi connectivity index (χ0v) is 39.9. The minimum atomic E-state index is 0.121. The molecule has 2 heteroatoms. The zero-order chi connectivity index (χ0) is 45.9.